The van der Waals surface area contributed by atoms with E-state index in [0.29, 0.717) is 19.1 Å². The standard InChI is InChI=1S/C19H25NO3/c1-2-23-19(22)16-9-6-12-20(13-16)18(21)17(15-10-11-15)14-7-4-3-5-8-14/h3-5,7-8,15-17H,2,6,9-13H2,1H3. The lowest BCUT2D eigenvalue weighted by atomic mass is 9.90. The number of likely N-dealkylation sites (tertiary alicyclic amines) is 1. The number of nitrogens with zero attached hydrogens (tertiary/aromatic N) is 1. The Balaban J connectivity index is 1.71. The highest BCUT2D eigenvalue weighted by Gasteiger charge is 2.40. The van der Waals surface area contributed by atoms with Crippen LogP contribution < -0.4 is 0 Å². The smallest absolute Gasteiger partial charge is 0.310 e. The molecular formula is C19H25NO3. The molecule has 124 valence electrons. The molecule has 3 rings (SSSR count). The van der Waals surface area contributed by atoms with Crippen LogP contribution >= 0.6 is 0 Å². The lowest BCUT2D eigenvalue weighted by Gasteiger charge is -2.34. The summed E-state index contributed by atoms with van der Waals surface area (Å²) in [6, 6.07) is 10.1. The zero-order chi connectivity index (χ0) is 16.2. The molecule has 1 amide bonds. The molecule has 2 atom stereocenters. The van der Waals surface area contributed by atoms with Crippen molar-refractivity contribution in [2.75, 3.05) is 19.7 Å². The number of rotatable bonds is 5. The van der Waals surface area contributed by atoms with E-state index < -0.39 is 0 Å². The van der Waals surface area contributed by atoms with Gasteiger partial charge in [-0.25, -0.2) is 0 Å². The van der Waals surface area contributed by atoms with Gasteiger partial charge in [-0.05, 0) is 44.1 Å². The van der Waals surface area contributed by atoms with Gasteiger partial charge in [0.25, 0.3) is 0 Å². The average Bonchev–Trinajstić information content (AvgIpc) is 3.41. The van der Waals surface area contributed by atoms with Crippen LogP contribution in [0.4, 0.5) is 0 Å². The van der Waals surface area contributed by atoms with E-state index in [9.17, 15) is 9.59 Å². The van der Waals surface area contributed by atoms with Crippen LogP contribution in [0.2, 0.25) is 0 Å². The van der Waals surface area contributed by atoms with Crippen LogP contribution in [0.3, 0.4) is 0 Å². The number of amides is 1. The Morgan fingerprint density at radius 3 is 2.61 bits per heavy atom. The lowest BCUT2D eigenvalue weighted by Crippen LogP contribution is -2.45. The van der Waals surface area contributed by atoms with Gasteiger partial charge in [-0.3, -0.25) is 9.59 Å². The van der Waals surface area contributed by atoms with E-state index in [-0.39, 0.29) is 23.7 Å². The molecule has 0 aromatic heterocycles. The predicted octanol–water partition coefficient (Wildman–Crippen LogP) is 2.98. The molecule has 1 aromatic carbocycles. The number of benzene rings is 1. The number of carbonyl (C=O) groups excluding carboxylic acids is 2. The molecule has 1 aromatic rings. The highest BCUT2D eigenvalue weighted by Crippen LogP contribution is 2.44. The van der Waals surface area contributed by atoms with Crippen LogP contribution in [-0.4, -0.2) is 36.5 Å². The molecule has 4 heteroatoms. The SMILES string of the molecule is CCOC(=O)C1CCCN(C(=O)C(c2ccccc2)C2CC2)C1. The van der Waals surface area contributed by atoms with Crippen LogP contribution in [0.5, 0.6) is 0 Å². The van der Waals surface area contributed by atoms with Gasteiger partial charge < -0.3 is 9.64 Å². The summed E-state index contributed by atoms with van der Waals surface area (Å²) in [5, 5.41) is 0. The summed E-state index contributed by atoms with van der Waals surface area (Å²) in [6.45, 7) is 3.48. The van der Waals surface area contributed by atoms with Crippen LogP contribution in [0.1, 0.15) is 44.1 Å². The summed E-state index contributed by atoms with van der Waals surface area (Å²) >= 11 is 0. The zero-order valence-corrected chi connectivity index (χ0v) is 13.7. The quantitative estimate of drug-likeness (QED) is 0.785. The van der Waals surface area contributed by atoms with Gasteiger partial charge in [-0.15, -0.1) is 0 Å². The van der Waals surface area contributed by atoms with E-state index in [1.807, 2.05) is 42.2 Å². The van der Waals surface area contributed by atoms with E-state index >= 15 is 0 Å². The molecule has 1 saturated carbocycles. The normalized spacial score (nSPS) is 22.5. The number of piperidine rings is 1. The van der Waals surface area contributed by atoms with Gasteiger partial charge in [0.15, 0.2) is 0 Å². The predicted molar refractivity (Wildman–Crippen MR) is 87.8 cm³/mol. The van der Waals surface area contributed by atoms with Gasteiger partial charge in [-0.1, -0.05) is 30.3 Å². The number of hydrogen-bond acceptors (Lipinski definition) is 3. The van der Waals surface area contributed by atoms with E-state index in [0.717, 1.165) is 37.8 Å². The second-order valence-electron chi connectivity index (χ2n) is 6.60. The van der Waals surface area contributed by atoms with E-state index in [4.69, 9.17) is 4.74 Å². The van der Waals surface area contributed by atoms with Crippen molar-refractivity contribution in [2.45, 2.75) is 38.5 Å². The molecular weight excluding hydrogens is 290 g/mol. The van der Waals surface area contributed by atoms with E-state index in [2.05, 4.69) is 0 Å². The van der Waals surface area contributed by atoms with Crippen LogP contribution in [0.15, 0.2) is 30.3 Å². The highest BCUT2D eigenvalue weighted by molar-refractivity contribution is 5.85. The van der Waals surface area contributed by atoms with Crippen molar-refractivity contribution in [1.82, 2.24) is 4.90 Å². The van der Waals surface area contributed by atoms with Crippen molar-refractivity contribution < 1.29 is 14.3 Å². The Labute approximate surface area is 137 Å². The molecule has 4 nitrogen and oxygen atoms in total. The largest absolute Gasteiger partial charge is 0.466 e. The van der Waals surface area contributed by atoms with Crippen molar-refractivity contribution in [3.8, 4) is 0 Å². The third kappa shape index (κ3) is 3.74. The molecule has 2 unspecified atom stereocenters. The molecule has 0 N–H and O–H groups in total. The molecule has 2 fully saturated rings. The fraction of sp³-hybridized carbons (Fsp3) is 0.579. The van der Waals surface area contributed by atoms with Crippen molar-refractivity contribution >= 4 is 11.9 Å². The summed E-state index contributed by atoms with van der Waals surface area (Å²) in [4.78, 5) is 27.0. The summed E-state index contributed by atoms with van der Waals surface area (Å²) in [5.41, 5.74) is 1.11. The van der Waals surface area contributed by atoms with Gasteiger partial charge in [0.1, 0.15) is 0 Å². The zero-order valence-electron chi connectivity index (χ0n) is 13.7. The molecule has 1 aliphatic heterocycles. The Morgan fingerprint density at radius 2 is 1.96 bits per heavy atom. The Bertz CT molecular complexity index is 553. The molecule has 1 heterocycles. The van der Waals surface area contributed by atoms with Crippen LogP contribution in [-0.2, 0) is 14.3 Å². The van der Waals surface area contributed by atoms with Crippen molar-refractivity contribution in [2.24, 2.45) is 11.8 Å². The molecule has 1 aliphatic carbocycles. The number of carbonyl (C=O) groups is 2. The number of esters is 1. The maximum atomic E-state index is 13.1. The molecule has 0 bridgehead atoms. The van der Waals surface area contributed by atoms with Gasteiger partial charge in [0.2, 0.25) is 5.91 Å². The second kappa shape index (κ2) is 7.16. The van der Waals surface area contributed by atoms with Crippen molar-refractivity contribution in [3.63, 3.8) is 0 Å². The summed E-state index contributed by atoms with van der Waals surface area (Å²) in [6.07, 6.45) is 3.95. The fourth-order valence-electron chi connectivity index (χ4n) is 3.53. The van der Waals surface area contributed by atoms with Crippen LogP contribution in [0.25, 0.3) is 0 Å². The number of hydrogen-bond donors (Lipinski definition) is 0. The van der Waals surface area contributed by atoms with Gasteiger partial charge in [0, 0.05) is 13.1 Å². The number of ether oxygens (including phenoxy) is 1. The maximum absolute atomic E-state index is 13.1. The first-order chi connectivity index (χ1) is 11.2. The van der Waals surface area contributed by atoms with Crippen molar-refractivity contribution in [3.05, 3.63) is 35.9 Å². The lowest BCUT2D eigenvalue weighted by molar-refractivity contribution is -0.151. The first kappa shape index (κ1) is 16.0. The minimum atomic E-state index is -0.164. The Hall–Kier alpha value is -1.84. The van der Waals surface area contributed by atoms with E-state index in [1.165, 1.54) is 0 Å². The third-order valence-corrected chi connectivity index (χ3v) is 4.87. The topological polar surface area (TPSA) is 46.6 Å². The van der Waals surface area contributed by atoms with Gasteiger partial charge in [-0.2, -0.15) is 0 Å². The third-order valence-electron chi connectivity index (χ3n) is 4.87. The molecule has 23 heavy (non-hydrogen) atoms. The monoisotopic (exact) mass is 315 g/mol. The van der Waals surface area contributed by atoms with Crippen molar-refractivity contribution in [1.29, 1.82) is 0 Å². The summed E-state index contributed by atoms with van der Waals surface area (Å²) in [7, 11) is 0. The molecule has 1 saturated heterocycles. The maximum Gasteiger partial charge on any atom is 0.310 e. The Morgan fingerprint density at radius 1 is 1.22 bits per heavy atom. The fourth-order valence-corrected chi connectivity index (χ4v) is 3.53. The first-order valence-corrected chi connectivity index (χ1v) is 8.71. The molecule has 2 aliphatic rings. The van der Waals surface area contributed by atoms with Gasteiger partial charge in [0.05, 0.1) is 18.4 Å². The summed E-state index contributed by atoms with van der Waals surface area (Å²) < 4.78 is 5.14. The van der Waals surface area contributed by atoms with E-state index in [1.54, 1.807) is 0 Å². The van der Waals surface area contributed by atoms with Gasteiger partial charge >= 0.3 is 5.97 Å². The molecule has 0 radical (unpaired) electrons. The molecule has 0 spiro atoms. The second-order valence-corrected chi connectivity index (χ2v) is 6.60. The highest BCUT2D eigenvalue weighted by atomic mass is 16.5. The average molecular weight is 315 g/mol. The minimum absolute atomic E-state index is 0.0443. The Kier molecular flexibility index (Phi) is 4.99. The van der Waals surface area contributed by atoms with Crippen LogP contribution in [0, 0.1) is 11.8 Å². The first-order valence-electron chi connectivity index (χ1n) is 8.71. The minimum Gasteiger partial charge on any atom is -0.466 e. The summed E-state index contributed by atoms with van der Waals surface area (Å²) in [5.74, 6) is 0.286.